The number of nitrogens with zero attached hydrogens (tertiary/aromatic N) is 3. The van der Waals surface area contributed by atoms with Gasteiger partial charge < -0.3 is 9.84 Å². The fourth-order valence-electron chi connectivity index (χ4n) is 5.67. The van der Waals surface area contributed by atoms with E-state index in [1.807, 2.05) is 44.4 Å². The van der Waals surface area contributed by atoms with E-state index in [0.29, 0.717) is 17.7 Å². The van der Waals surface area contributed by atoms with Gasteiger partial charge in [0.05, 0.1) is 22.7 Å². The zero-order valence-electron chi connectivity index (χ0n) is 26.6. The van der Waals surface area contributed by atoms with Crippen molar-refractivity contribution in [2.75, 3.05) is 25.4 Å². The molecule has 252 valence electrons. The van der Waals surface area contributed by atoms with Crippen LogP contribution in [0.5, 0.6) is 0 Å². The molecule has 15 heteroatoms. The van der Waals surface area contributed by atoms with Crippen LogP contribution in [-0.4, -0.2) is 89.4 Å². The lowest BCUT2D eigenvalue weighted by Gasteiger charge is -2.29. The van der Waals surface area contributed by atoms with Crippen LogP contribution in [0, 0.1) is 5.41 Å². The van der Waals surface area contributed by atoms with Gasteiger partial charge in [0.2, 0.25) is 5.69 Å². The Morgan fingerprint density at radius 2 is 1.76 bits per heavy atom. The van der Waals surface area contributed by atoms with Crippen LogP contribution in [0.2, 0.25) is 0 Å². The van der Waals surface area contributed by atoms with Crippen molar-refractivity contribution in [1.82, 2.24) is 5.01 Å². The van der Waals surface area contributed by atoms with Crippen molar-refractivity contribution in [3.8, 4) is 0 Å². The Kier molecular flexibility index (Phi) is 11.5. The highest BCUT2D eigenvalue weighted by Gasteiger charge is 2.45. The molecule has 0 radical (unpaired) electrons. The molecule has 2 aliphatic heterocycles. The van der Waals surface area contributed by atoms with E-state index in [1.54, 1.807) is 36.2 Å². The number of ether oxygens (including phenoxy) is 1. The van der Waals surface area contributed by atoms with E-state index in [9.17, 15) is 40.6 Å². The molecule has 0 saturated carbocycles. The predicted octanol–water partition coefficient (Wildman–Crippen LogP) is 4.10. The molecule has 2 aliphatic rings. The van der Waals surface area contributed by atoms with E-state index in [2.05, 4.69) is 5.10 Å². The number of carboxylic acid groups (broad SMARTS) is 1. The SMILES string of the molecule is CCOC(=O)CCC1(C)C(C)=NN(CCCS(=O)(=O)O)/C1=C/C=C/C=C/C1=[N+](CCC(=O)O)c2ccc(S(=O)(=O)O)cc2C1(C)C. The van der Waals surface area contributed by atoms with Crippen LogP contribution in [0.1, 0.15) is 65.9 Å². The highest BCUT2D eigenvalue weighted by atomic mass is 32.2. The minimum Gasteiger partial charge on any atom is -0.481 e. The Balaban J connectivity index is 1.95. The number of hydrogen-bond acceptors (Lipinski definition) is 9. The Hall–Kier alpha value is -3.66. The van der Waals surface area contributed by atoms with Crippen molar-refractivity contribution in [1.29, 1.82) is 0 Å². The lowest BCUT2D eigenvalue weighted by atomic mass is 9.78. The van der Waals surface area contributed by atoms with E-state index in [1.165, 1.54) is 12.1 Å². The molecule has 0 amide bonds. The van der Waals surface area contributed by atoms with E-state index in [4.69, 9.17) is 4.74 Å². The molecule has 0 bridgehead atoms. The van der Waals surface area contributed by atoms with Crippen molar-refractivity contribution >= 4 is 49.3 Å². The molecule has 2 heterocycles. The van der Waals surface area contributed by atoms with E-state index >= 15 is 0 Å². The molecule has 0 fully saturated rings. The summed E-state index contributed by atoms with van der Waals surface area (Å²) in [6, 6.07) is 4.23. The quantitative estimate of drug-likeness (QED) is 0.105. The maximum atomic E-state index is 12.2. The number of aliphatic carboxylic acids is 1. The molecule has 1 unspecified atom stereocenters. The van der Waals surface area contributed by atoms with Gasteiger partial charge in [-0.2, -0.15) is 26.5 Å². The maximum Gasteiger partial charge on any atom is 0.309 e. The van der Waals surface area contributed by atoms with Crippen LogP contribution in [0.15, 0.2) is 64.3 Å². The molecule has 1 aromatic carbocycles. The van der Waals surface area contributed by atoms with E-state index in [0.717, 1.165) is 17.1 Å². The minimum absolute atomic E-state index is 0.129. The highest BCUT2D eigenvalue weighted by molar-refractivity contribution is 7.86. The summed E-state index contributed by atoms with van der Waals surface area (Å²) in [6.45, 7) is 9.88. The summed E-state index contributed by atoms with van der Waals surface area (Å²) in [7, 11) is -8.60. The number of hydrogen-bond donors (Lipinski definition) is 3. The molecule has 0 spiro atoms. The van der Waals surface area contributed by atoms with Crippen LogP contribution < -0.4 is 0 Å². The fourth-order valence-corrected chi connectivity index (χ4v) is 6.67. The number of fused-ring (bicyclic) bond motifs is 1. The number of carboxylic acids is 1. The molecular formula is C31H42N3O10S2+. The molecule has 13 nitrogen and oxygen atoms in total. The Morgan fingerprint density at radius 1 is 1.07 bits per heavy atom. The minimum atomic E-state index is -4.45. The second-order valence-electron chi connectivity index (χ2n) is 11.8. The first-order chi connectivity index (χ1) is 21.3. The Bertz CT molecular complexity index is 1740. The molecular weight excluding hydrogens is 638 g/mol. The summed E-state index contributed by atoms with van der Waals surface area (Å²) in [4.78, 5) is 23.3. The maximum absolute atomic E-state index is 12.2. The molecule has 1 atom stereocenters. The normalized spacial score (nSPS) is 20.6. The number of benzene rings is 1. The third-order valence-corrected chi connectivity index (χ3v) is 9.91. The van der Waals surface area contributed by atoms with Gasteiger partial charge in [0.15, 0.2) is 12.3 Å². The number of hydrazone groups is 1. The number of esters is 1. The Morgan fingerprint density at radius 3 is 2.37 bits per heavy atom. The molecule has 0 aliphatic carbocycles. The van der Waals surface area contributed by atoms with Gasteiger partial charge in [0, 0.05) is 47.5 Å². The van der Waals surface area contributed by atoms with Gasteiger partial charge in [-0.15, -0.1) is 0 Å². The van der Waals surface area contributed by atoms with Crippen LogP contribution in [0.25, 0.3) is 0 Å². The van der Waals surface area contributed by atoms with Crippen molar-refractivity contribution in [2.45, 2.75) is 70.6 Å². The zero-order chi connectivity index (χ0) is 34.5. The average molecular weight is 681 g/mol. The topological polar surface area (TPSA) is 191 Å². The lowest BCUT2D eigenvalue weighted by molar-refractivity contribution is -0.436. The second-order valence-corrected chi connectivity index (χ2v) is 14.8. The van der Waals surface area contributed by atoms with Gasteiger partial charge in [-0.3, -0.25) is 23.7 Å². The van der Waals surface area contributed by atoms with Gasteiger partial charge in [-0.1, -0.05) is 18.2 Å². The van der Waals surface area contributed by atoms with Gasteiger partial charge in [0.25, 0.3) is 20.2 Å². The molecule has 0 saturated heterocycles. The smallest absolute Gasteiger partial charge is 0.309 e. The lowest BCUT2D eigenvalue weighted by Crippen LogP contribution is -2.29. The summed E-state index contributed by atoms with van der Waals surface area (Å²) in [5, 5.41) is 15.6. The molecule has 1 aromatic rings. The second kappa shape index (κ2) is 14.4. The van der Waals surface area contributed by atoms with E-state index < -0.39 is 42.8 Å². The van der Waals surface area contributed by atoms with Gasteiger partial charge in [-0.05, 0) is 65.7 Å². The zero-order valence-corrected chi connectivity index (χ0v) is 28.3. The number of allylic oxidation sites excluding steroid dienone is 6. The first kappa shape index (κ1) is 36.8. The van der Waals surface area contributed by atoms with Crippen molar-refractivity contribution in [3.63, 3.8) is 0 Å². The van der Waals surface area contributed by atoms with Crippen LogP contribution >= 0.6 is 0 Å². The first-order valence-electron chi connectivity index (χ1n) is 14.8. The highest BCUT2D eigenvalue weighted by Crippen LogP contribution is 2.43. The van der Waals surface area contributed by atoms with Gasteiger partial charge in [0.1, 0.15) is 6.42 Å². The monoisotopic (exact) mass is 680 g/mol. The number of carbonyl (C=O) groups is 2. The summed E-state index contributed by atoms with van der Waals surface area (Å²) in [5.41, 5.74) is 2.06. The van der Waals surface area contributed by atoms with Crippen molar-refractivity contribution < 1.29 is 49.9 Å². The number of carbonyl (C=O) groups excluding carboxylic acids is 1. The van der Waals surface area contributed by atoms with Crippen LogP contribution in [0.4, 0.5) is 5.69 Å². The Labute approximate surface area is 270 Å². The largest absolute Gasteiger partial charge is 0.481 e. The average Bonchev–Trinajstić information content (AvgIpc) is 3.30. The van der Waals surface area contributed by atoms with Crippen LogP contribution in [0.3, 0.4) is 0 Å². The first-order valence-corrected chi connectivity index (χ1v) is 17.8. The number of rotatable bonds is 15. The van der Waals surface area contributed by atoms with Crippen molar-refractivity contribution in [3.05, 3.63) is 59.8 Å². The van der Waals surface area contributed by atoms with E-state index in [-0.39, 0.29) is 49.8 Å². The predicted molar refractivity (Wildman–Crippen MR) is 173 cm³/mol. The molecule has 3 rings (SSSR count). The fraction of sp³-hybridized carbons (Fsp3) is 0.484. The summed E-state index contributed by atoms with van der Waals surface area (Å²) in [5.74, 6) is -1.76. The van der Waals surface area contributed by atoms with Gasteiger partial charge in [-0.25, -0.2) is 0 Å². The molecule has 0 aromatic heterocycles. The third kappa shape index (κ3) is 8.78. The van der Waals surface area contributed by atoms with Crippen LogP contribution in [-0.2, 0) is 40.0 Å². The summed E-state index contributed by atoms with van der Waals surface area (Å²) >= 11 is 0. The molecule has 46 heavy (non-hydrogen) atoms. The van der Waals surface area contributed by atoms with Gasteiger partial charge >= 0.3 is 11.9 Å². The summed E-state index contributed by atoms with van der Waals surface area (Å²) < 4.78 is 71.9. The third-order valence-electron chi connectivity index (χ3n) is 8.26. The summed E-state index contributed by atoms with van der Waals surface area (Å²) in [6.07, 6.45) is 9.44. The standard InChI is InChI=1S/C31H41N3O10S2/c1-6-44-29(37)15-17-31(5)22(2)32-34(18-10-20-45(38,39)40)27(31)12-9-7-8-11-26-30(3,4)24-21-23(46(41,42)43)13-14-25(24)33(26)19-16-28(35)36/h7-9,11-14,21H,6,10,15-20H2,1-5H3,(H2-,35,36,38,39,40,41,42,43)/p+1. The molecule has 3 N–H and O–H groups in total. The van der Waals surface area contributed by atoms with Crippen molar-refractivity contribution in [2.24, 2.45) is 10.5 Å².